The van der Waals surface area contributed by atoms with Gasteiger partial charge in [0, 0.05) is 32.5 Å². The van der Waals surface area contributed by atoms with Crippen LogP contribution >= 0.6 is 11.6 Å². The highest BCUT2D eigenvalue weighted by atomic mass is 35.5. The lowest BCUT2D eigenvalue weighted by atomic mass is 9.86. The van der Waals surface area contributed by atoms with Gasteiger partial charge < -0.3 is 15.0 Å². The van der Waals surface area contributed by atoms with Crippen molar-refractivity contribution in [2.24, 2.45) is 5.92 Å². The van der Waals surface area contributed by atoms with Crippen LogP contribution in [0.1, 0.15) is 40.5 Å². The average Bonchev–Trinajstić information content (AvgIpc) is 2.86. The topological polar surface area (TPSA) is 58.6 Å². The summed E-state index contributed by atoms with van der Waals surface area (Å²) in [4.78, 5) is 24.2. The lowest BCUT2D eigenvalue weighted by molar-refractivity contribution is -0.138. The van der Waals surface area contributed by atoms with Gasteiger partial charge in [0.05, 0.1) is 5.60 Å². The fraction of sp³-hybridized carbons (Fsp3) is 0.875. The van der Waals surface area contributed by atoms with Gasteiger partial charge in [0.1, 0.15) is 5.54 Å². The van der Waals surface area contributed by atoms with Crippen molar-refractivity contribution in [1.82, 2.24) is 10.2 Å². The van der Waals surface area contributed by atoms with Crippen LogP contribution in [0.3, 0.4) is 0 Å². The third-order valence-electron chi connectivity index (χ3n) is 4.17. The molecule has 0 aliphatic carbocycles. The first kappa shape index (κ1) is 23.1. The molecule has 0 aromatic carbocycles. The van der Waals surface area contributed by atoms with Gasteiger partial charge in [-0.3, -0.25) is 9.59 Å². The highest BCUT2D eigenvalue weighted by Crippen LogP contribution is 2.42. The maximum Gasteiger partial charge on any atom is 0.249 e. The summed E-state index contributed by atoms with van der Waals surface area (Å²) < 4.78 is 31.7. The second-order valence-electron chi connectivity index (χ2n) is 6.98. The molecule has 1 saturated heterocycles. The summed E-state index contributed by atoms with van der Waals surface area (Å²) in [5.74, 6) is -4.27. The fourth-order valence-electron chi connectivity index (χ4n) is 2.46. The van der Waals surface area contributed by atoms with E-state index in [4.69, 9.17) is 16.3 Å². The number of methoxy groups -OCH3 is 1. The van der Waals surface area contributed by atoms with Crippen molar-refractivity contribution >= 4 is 23.9 Å². The minimum atomic E-state index is -2.93. The largest absolute Gasteiger partial charge is 0.379 e. The predicted molar refractivity (Wildman–Crippen MR) is 90.4 cm³/mol. The zero-order valence-corrected chi connectivity index (χ0v) is 16.0. The van der Waals surface area contributed by atoms with Gasteiger partial charge in [-0.05, 0) is 40.5 Å². The maximum atomic E-state index is 13.4. The average molecular weight is 371 g/mol. The Kier molecular flexibility index (Phi) is 8.59. The Morgan fingerprint density at radius 3 is 2.21 bits per heavy atom. The summed E-state index contributed by atoms with van der Waals surface area (Å²) in [6.07, 6.45) is 0.550. The van der Waals surface area contributed by atoms with Crippen molar-refractivity contribution in [3.63, 3.8) is 0 Å². The molecule has 2 unspecified atom stereocenters. The van der Waals surface area contributed by atoms with E-state index in [2.05, 4.69) is 5.32 Å². The molecular formula is C16H29ClF2N2O3. The molecule has 1 heterocycles. The Bertz CT molecular complexity index is 425. The lowest BCUT2D eigenvalue weighted by Crippen LogP contribution is -2.54. The molecule has 2 amide bonds. The van der Waals surface area contributed by atoms with E-state index in [1.54, 1.807) is 7.11 Å². The van der Waals surface area contributed by atoms with E-state index in [9.17, 15) is 18.4 Å². The fourth-order valence-corrected chi connectivity index (χ4v) is 2.77. The van der Waals surface area contributed by atoms with Crippen LogP contribution < -0.4 is 5.32 Å². The molecule has 1 N–H and O–H groups in total. The molecule has 1 aliphatic rings. The number of likely N-dealkylation sites (tertiary alicyclic amines) is 1. The van der Waals surface area contributed by atoms with Gasteiger partial charge in [-0.15, -0.1) is 11.6 Å². The number of halogens is 3. The van der Waals surface area contributed by atoms with E-state index in [1.807, 2.05) is 20.8 Å². The van der Waals surface area contributed by atoms with Crippen molar-refractivity contribution < 1.29 is 23.1 Å². The van der Waals surface area contributed by atoms with Crippen LogP contribution in [0.2, 0.25) is 0 Å². The van der Waals surface area contributed by atoms with E-state index in [-0.39, 0.29) is 30.9 Å². The standard InChI is InChI=1S/C11H17ClF2N2O2.C5H12O/c1-10(13,14)8-5-11(3-4-12,9(18)15-2)16(6-8)7-17;1-5(2,3)6-4/h7-8H,3-6H2,1-2H3,(H,15,18);1-4H3. The number of hydrogen-bond acceptors (Lipinski definition) is 3. The number of hydrogen-bond donors (Lipinski definition) is 1. The number of carbonyl (C=O) groups excluding carboxylic acids is 2. The number of amides is 2. The highest BCUT2D eigenvalue weighted by Gasteiger charge is 2.55. The summed E-state index contributed by atoms with van der Waals surface area (Å²) in [6, 6.07) is 0. The molecular weight excluding hydrogens is 342 g/mol. The van der Waals surface area contributed by atoms with Crippen molar-refractivity contribution in [3.05, 3.63) is 0 Å². The number of nitrogens with one attached hydrogen (secondary N) is 1. The summed E-state index contributed by atoms with van der Waals surface area (Å²) in [6.45, 7) is 6.74. The minimum absolute atomic E-state index is 0.0417. The van der Waals surface area contributed by atoms with Gasteiger partial charge in [-0.2, -0.15) is 0 Å². The zero-order valence-electron chi connectivity index (χ0n) is 15.3. The second-order valence-corrected chi connectivity index (χ2v) is 7.36. The summed E-state index contributed by atoms with van der Waals surface area (Å²) in [5.41, 5.74) is -1.21. The quantitative estimate of drug-likeness (QED) is 0.598. The smallest absolute Gasteiger partial charge is 0.249 e. The van der Waals surface area contributed by atoms with Crippen molar-refractivity contribution in [3.8, 4) is 0 Å². The van der Waals surface area contributed by atoms with Gasteiger partial charge >= 0.3 is 0 Å². The molecule has 0 radical (unpaired) electrons. The molecule has 0 aromatic rings. The van der Waals surface area contributed by atoms with Gasteiger partial charge in [-0.1, -0.05) is 0 Å². The maximum absolute atomic E-state index is 13.4. The molecule has 0 bridgehead atoms. The van der Waals surface area contributed by atoms with E-state index < -0.39 is 23.3 Å². The Balaban J connectivity index is 0.000000754. The monoisotopic (exact) mass is 370 g/mol. The van der Waals surface area contributed by atoms with Crippen molar-refractivity contribution in [2.75, 3.05) is 26.6 Å². The Morgan fingerprint density at radius 2 is 1.92 bits per heavy atom. The molecule has 0 saturated carbocycles. The van der Waals surface area contributed by atoms with Crippen LogP contribution in [-0.2, 0) is 14.3 Å². The number of rotatable bonds is 5. The molecule has 8 heteroatoms. The van der Waals surface area contributed by atoms with E-state index in [0.717, 1.165) is 11.8 Å². The van der Waals surface area contributed by atoms with Gasteiger partial charge in [-0.25, -0.2) is 8.78 Å². The predicted octanol–water partition coefficient (Wildman–Crippen LogP) is 2.66. The molecule has 1 aliphatic heterocycles. The second kappa shape index (κ2) is 8.94. The number of likely N-dealkylation sites (N-methyl/N-ethyl adjacent to an activating group) is 1. The van der Waals surface area contributed by atoms with Crippen LogP contribution in [0.4, 0.5) is 8.78 Å². The van der Waals surface area contributed by atoms with Gasteiger partial charge in [0.2, 0.25) is 18.2 Å². The molecule has 1 rings (SSSR count). The molecule has 5 nitrogen and oxygen atoms in total. The first-order valence-corrected chi connectivity index (χ1v) is 8.34. The SMILES string of the molecule is CNC(=O)C1(CCCl)CC(C(C)(F)F)CN1C=O.COC(C)(C)C. The first-order valence-electron chi connectivity index (χ1n) is 7.81. The number of ether oxygens (including phenoxy) is 1. The van der Waals surface area contributed by atoms with E-state index in [1.165, 1.54) is 7.05 Å². The Labute approximate surface area is 148 Å². The molecule has 142 valence electrons. The summed E-state index contributed by atoms with van der Waals surface area (Å²) >= 11 is 5.65. The minimum Gasteiger partial charge on any atom is -0.379 e. The number of nitrogens with zero attached hydrogens (tertiary/aromatic N) is 1. The van der Waals surface area contributed by atoms with E-state index in [0.29, 0.717) is 6.41 Å². The molecule has 0 spiro atoms. The summed E-state index contributed by atoms with van der Waals surface area (Å²) in [7, 11) is 3.12. The summed E-state index contributed by atoms with van der Waals surface area (Å²) in [5, 5.41) is 2.43. The third-order valence-corrected chi connectivity index (χ3v) is 4.35. The number of alkyl halides is 3. The molecule has 0 aromatic heterocycles. The van der Waals surface area contributed by atoms with Crippen LogP contribution in [0.25, 0.3) is 0 Å². The Hall–Kier alpha value is -0.950. The lowest BCUT2D eigenvalue weighted by Gasteiger charge is -2.33. The van der Waals surface area contributed by atoms with E-state index >= 15 is 0 Å². The van der Waals surface area contributed by atoms with Gasteiger partial charge in [0.25, 0.3) is 0 Å². The van der Waals surface area contributed by atoms with Crippen molar-refractivity contribution in [2.45, 2.75) is 57.6 Å². The Morgan fingerprint density at radius 1 is 1.42 bits per heavy atom. The third kappa shape index (κ3) is 6.16. The van der Waals surface area contributed by atoms with Crippen LogP contribution in [0.15, 0.2) is 0 Å². The number of carbonyl (C=O) groups is 2. The van der Waals surface area contributed by atoms with Crippen LogP contribution in [-0.4, -0.2) is 60.9 Å². The van der Waals surface area contributed by atoms with Crippen LogP contribution in [0, 0.1) is 5.92 Å². The molecule has 1 fully saturated rings. The first-order chi connectivity index (χ1) is 10.9. The van der Waals surface area contributed by atoms with Gasteiger partial charge in [0.15, 0.2) is 0 Å². The van der Waals surface area contributed by atoms with Crippen molar-refractivity contribution in [1.29, 1.82) is 0 Å². The molecule has 24 heavy (non-hydrogen) atoms. The molecule has 2 atom stereocenters. The normalized spacial score (nSPS) is 24.2. The highest BCUT2D eigenvalue weighted by molar-refractivity contribution is 6.18. The zero-order chi connectivity index (χ0) is 19.2. The van der Waals surface area contributed by atoms with Crippen LogP contribution in [0.5, 0.6) is 0 Å².